The lowest BCUT2D eigenvalue weighted by Crippen LogP contribution is -2.22. The van der Waals surface area contributed by atoms with Gasteiger partial charge < -0.3 is 19.9 Å². The molecule has 0 aromatic heterocycles. The number of carbonyl (C=O) groups excluding carboxylic acids is 2. The van der Waals surface area contributed by atoms with E-state index in [0.29, 0.717) is 0 Å². The summed E-state index contributed by atoms with van der Waals surface area (Å²) < 4.78 is 9.20. The van der Waals surface area contributed by atoms with Gasteiger partial charge in [0.15, 0.2) is 0 Å². The quantitative estimate of drug-likeness (QED) is 0.728. The molecule has 0 aliphatic rings. The van der Waals surface area contributed by atoms with Crippen LogP contribution in [-0.4, -0.2) is 43.3 Å². The zero-order valence-corrected chi connectivity index (χ0v) is 10.2. The average Bonchev–Trinajstić information content (AvgIpc) is 2.38. The van der Waals surface area contributed by atoms with E-state index in [1.165, 1.54) is 19.2 Å². The number of aliphatic carboxylic acids is 1. The van der Waals surface area contributed by atoms with Crippen LogP contribution >= 0.6 is 0 Å². The largest absolute Gasteiger partial charge is 0.480 e. The van der Waals surface area contributed by atoms with Crippen molar-refractivity contribution in [1.29, 1.82) is 0 Å². The van der Waals surface area contributed by atoms with Crippen LogP contribution in [0.4, 0.5) is 5.69 Å². The molecule has 0 heterocycles. The van der Waals surface area contributed by atoms with E-state index < -0.39 is 31.1 Å². The molecule has 1 aromatic carbocycles. The van der Waals surface area contributed by atoms with Gasteiger partial charge in [-0.1, -0.05) is 12.1 Å². The maximum Gasteiger partial charge on any atom is 0.339 e. The topological polar surface area (TPSA) is 102 Å². The molecule has 0 aliphatic carbocycles. The maximum atomic E-state index is 11.5. The van der Waals surface area contributed by atoms with Crippen molar-refractivity contribution in [3.05, 3.63) is 29.8 Å². The number of rotatable bonds is 6. The first-order chi connectivity index (χ1) is 9.04. The summed E-state index contributed by atoms with van der Waals surface area (Å²) in [7, 11) is 1.23. The molecule has 0 aliphatic heterocycles. The second-order valence-electron chi connectivity index (χ2n) is 3.47. The molecule has 0 saturated heterocycles. The van der Waals surface area contributed by atoms with E-state index in [-0.39, 0.29) is 11.3 Å². The summed E-state index contributed by atoms with van der Waals surface area (Å²) in [4.78, 5) is 33.1. The number of hydrogen-bond acceptors (Lipinski definition) is 5. The van der Waals surface area contributed by atoms with Crippen molar-refractivity contribution < 1.29 is 29.0 Å². The summed E-state index contributed by atoms with van der Waals surface area (Å²) in [5.74, 6) is -2.30. The molecule has 0 fully saturated rings. The lowest BCUT2D eigenvalue weighted by molar-refractivity contribution is -0.143. The van der Waals surface area contributed by atoms with Gasteiger partial charge in [-0.3, -0.25) is 4.79 Å². The summed E-state index contributed by atoms with van der Waals surface area (Å²) in [5.41, 5.74) is 0.481. The van der Waals surface area contributed by atoms with Gasteiger partial charge in [0.05, 0.1) is 18.4 Å². The highest BCUT2D eigenvalue weighted by molar-refractivity contribution is 6.01. The van der Waals surface area contributed by atoms with E-state index in [4.69, 9.17) is 5.11 Å². The Hall–Kier alpha value is -2.41. The van der Waals surface area contributed by atoms with Crippen molar-refractivity contribution in [3.63, 3.8) is 0 Å². The van der Waals surface area contributed by atoms with Crippen molar-refractivity contribution in [2.75, 3.05) is 25.6 Å². The number of benzene rings is 1. The summed E-state index contributed by atoms with van der Waals surface area (Å²) in [6.45, 7) is -0.978. The molecule has 0 bridgehead atoms. The van der Waals surface area contributed by atoms with Gasteiger partial charge in [-0.05, 0) is 12.1 Å². The van der Waals surface area contributed by atoms with Crippen LogP contribution in [0.3, 0.4) is 0 Å². The zero-order valence-electron chi connectivity index (χ0n) is 10.2. The van der Waals surface area contributed by atoms with E-state index in [1.54, 1.807) is 12.1 Å². The Morgan fingerprint density at radius 1 is 1.21 bits per heavy atom. The molecule has 2 N–H and O–H groups in total. The van der Waals surface area contributed by atoms with Gasteiger partial charge in [0.25, 0.3) is 0 Å². The predicted octanol–water partition coefficient (Wildman–Crippen LogP) is 0.513. The van der Waals surface area contributed by atoms with Crippen molar-refractivity contribution >= 4 is 23.5 Å². The Balaban J connectivity index is 2.64. The van der Waals surface area contributed by atoms with Crippen molar-refractivity contribution in [2.45, 2.75) is 0 Å². The van der Waals surface area contributed by atoms with Crippen LogP contribution in [0.25, 0.3) is 0 Å². The predicted molar refractivity (Wildman–Crippen MR) is 64.9 cm³/mol. The van der Waals surface area contributed by atoms with Crippen LogP contribution < -0.4 is 5.32 Å². The molecule has 7 heteroatoms. The Labute approximate surface area is 109 Å². The average molecular weight is 267 g/mol. The third-order valence-corrected chi connectivity index (χ3v) is 2.07. The standard InChI is InChI=1S/C12H13NO6/c1-18-12(17)8-4-2-3-5-9(8)13-10(14)6-19-7-11(15)16/h2-5H,6-7H2,1H3,(H,13,14)(H,15,16). The minimum atomic E-state index is -1.16. The molecule has 0 radical (unpaired) electrons. The Morgan fingerprint density at radius 2 is 1.89 bits per heavy atom. The van der Waals surface area contributed by atoms with E-state index >= 15 is 0 Å². The molecule has 1 rings (SSSR count). The van der Waals surface area contributed by atoms with E-state index in [9.17, 15) is 14.4 Å². The fourth-order valence-corrected chi connectivity index (χ4v) is 1.30. The number of carbonyl (C=O) groups is 3. The SMILES string of the molecule is COC(=O)c1ccccc1NC(=O)COCC(=O)O. The van der Waals surface area contributed by atoms with Gasteiger partial charge in [0.1, 0.15) is 13.2 Å². The molecule has 1 aromatic rings. The highest BCUT2D eigenvalue weighted by Gasteiger charge is 2.13. The molecular weight excluding hydrogens is 254 g/mol. The fourth-order valence-electron chi connectivity index (χ4n) is 1.30. The molecule has 0 atom stereocenters. The number of anilines is 1. The van der Waals surface area contributed by atoms with Gasteiger partial charge >= 0.3 is 11.9 Å². The maximum absolute atomic E-state index is 11.5. The molecule has 19 heavy (non-hydrogen) atoms. The fraction of sp³-hybridized carbons (Fsp3) is 0.250. The van der Waals surface area contributed by atoms with Gasteiger partial charge in [-0.25, -0.2) is 9.59 Å². The summed E-state index contributed by atoms with van der Waals surface area (Å²) >= 11 is 0. The number of amides is 1. The zero-order chi connectivity index (χ0) is 14.3. The number of methoxy groups -OCH3 is 1. The van der Waals surface area contributed by atoms with Crippen molar-refractivity contribution in [2.24, 2.45) is 0 Å². The molecule has 0 unspecified atom stereocenters. The lowest BCUT2D eigenvalue weighted by Gasteiger charge is -2.09. The molecule has 0 spiro atoms. The number of nitrogens with one attached hydrogen (secondary N) is 1. The van der Waals surface area contributed by atoms with Crippen LogP contribution in [0.2, 0.25) is 0 Å². The first-order valence-corrected chi connectivity index (χ1v) is 5.31. The highest BCUT2D eigenvalue weighted by Crippen LogP contribution is 2.15. The van der Waals surface area contributed by atoms with Crippen LogP contribution in [0.15, 0.2) is 24.3 Å². The Morgan fingerprint density at radius 3 is 2.53 bits per heavy atom. The lowest BCUT2D eigenvalue weighted by atomic mass is 10.2. The number of carboxylic acids is 1. The minimum absolute atomic E-state index is 0.205. The first kappa shape index (κ1) is 14.7. The molecule has 1 amide bonds. The molecule has 0 saturated carbocycles. The van der Waals surface area contributed by atoms with Crippen LogP contribution in [0.5, 0.6) is 0 Å². The Kier molecular flexibility index (Phi) is 5.49. The summed E-state index contributed by atoms with van der Waals surface area (Å²) in [5, 5.41) is 10.8. The van der Waals surface area contributed by atoms with Crippen LogP contribution in [-0.2, 0) is 19.1 Å². The number of carboxylic acid groups (broad SMARTS) is 1. The third kappa shape index (κ3) is 4.76. The smallest absolute Gasteiger partial charge is 0.339 e. The second kappa shape index (κ2) is 7.12. The summed E-state index contributed by atoms with van der Waals surface area (Å²) in [6, 6.07) is 6.30. The first-order valence-electron chi connectivity index (χ1n) is 5.31. The van der Waals surface area contributed by atoms with Gasteiger partial charge in [0.2, 0.25) is 5.91 Å². The number of esters is 1. The molecule has 102 valence electrons. The van der Waals surface area contributed by atoms with Gasteiger partial charge in [-0.2, -0.15) is 0 Å². The number of ether oxygens (including phenoxy) is 2. The minimum Gasteiger partial charge on any atom is -0.480 e. The van der Waals surface area contributed by atoms with Crippen molar-refractivity contribution in [1.82, 2.24) is 0 Å². The van der Waals surface area contributed by atoms with E-state index in [0.717, 1.165) is 0 Å². The number of hydrogen-bond donors (Lipinski definition) is 2. The second-order valence-corrected chi connectivity index (χ2v) is 3.47. The normalized spacial score (nSPS) is 9.74. The van der Waals surface area contributed by atoms with Crippen LogP contribution in [0.1, 0.15) is 10.4 Å². The highest BCUT2D eigenvalue weighted by atomic mass is 16.5. The van der Waals surface area contributed by atoms with Crippen LogP contribution in [0, 0.1) is 0 Å². The Bertz CT molecular complexity index is 485. The molecule has 7 nitrogen and oxygen atoms in total. The molecular formula is C12H13NO6. The van der Waals surface area contributed by atoms with E-state index in [1.807, 2.05) is 0 Å². The van der Waals surface area contributed by atoms with Crippen molar-refractivity contribution in [3.8, 4) is 0 Å². The number of para-hydroxylation sites is 1. The summed E-state index contributed by atoms with van der Waals surface area (Å²) in [6.07, 6.45) is 0. The van der Waals surface area contributed by atoms with Gasteiger partial charge in [0, 0.05) is 0 Å². The van der Waals surface area contributed by atoms with E-state index in [2.05, 4.69) is 14.8 Å². The monoisotopic (exact) mass is 267 g/mol. The van der Waals surface area contributed by atoms with Gasteiger partial charge in [-0.15, -0.1) is 0 Å². The third-order valence-electron chi connectivity index (χ3n) is 2.07.